The van der Waals surface area contributed by atoms with Gasteiger partial charge in [-0.15, -0.1) is 0 Å². The van der Waals surface area contributed by atoms with Crippen molar-refractivity contribution in [3.63, 3.8) is 0 Å². The average Bonchev–Trinajstić information content (AvgIpc) is 4.05. The summed E-state index contributed by atoms with van der Waals surface area (Å²) in [5.41, 5.74) is 9.18. The maximum atomic E-state index is 10.8. The molecule has 0 spiro atoms. The van der Waals surface area contributed by atoms with Gasteiger partial charge in [-0.2, -0.15) is 15.8 Å². The van der Waals surface area contributed by atoms with E-state index in [1.165, 1.54) is 0 Å². The number of benzene rings is 8. The number of nitriles is 3. The molecule has 60 heavy (non-hydrogen) atoms. The third-order valence-electron chi connectivity index (χ3n) is 11.8. The number of rotatable bonds is 3. The molecule has 8 heteroatoms. The quantitative estimate of drug-likeness (QED) is 0.166. The number of nitrogens with zero attached hydrogens (tertiary/aromatic N) is 6. The van der Waals surface area contributed by atoms with Crippen LogP contribution in [-0.4, -0.2) is 9.13 Å². The standard InChI is InChI=1S/C52H24N6O2/c1-56-52-30(27-54)23-32(58-41-15-7-3-11-34(41)49-43(58)19-21-47-51(49)36-13-5-9-17-45(36)60-47)25-38(52)37-24-31(22-29(26-53)39(37)28-55)57-40-14-6-2-10-33(40)48-42(57)18-20-46-50(48)35-12-4-8-16-44(35)59-46/h2-25H. The molecule has 0 radical (unpaired) electrons. The summed E-state index contributed by atoms with van der Waals surface area (Å²) >= 11 is 0. The predicted molar refractivity (Wildman–Crippen MR) is 236 cm³/mol. The first-order chi connectivity index (χ1) is 29.6. The minimum Gasteiger partial charge on any atom is -0.456 e. The van der Waals surface area contributed by atoms with E-state index in [1.54, 1.807) is 12.1 Å². The molecule has 0 aliphatic rings. The molecule has 0 bridgehead atoms. The molecular formula is C52H24N6O2. The van der Waals surface area contributed by atoms with Crippen LogP contribution in [0.1, 0.15) is 16.7 Å². The van der Waals surface area contributed by atoms with Gasteiger partial charge in [-0.25, -0.2) is 4.85 Å². The second kappa shape index (κ2) is 12.2. The minimum absolute atomic E-state index is 0.0940. The Morgan fingerprint density at radius 3 is 1.40 bits per heavy atom. The van der Waals surface area contributed by atoms with E-state index in [2.05, 4.69) is 56.5 Å². The van der Waals surface area contributed by atoms with Crippen LogP contribution in [0.3, 0.4) is 0 Å². The highest BCUT2D eigenvalue weighted by atomic mass is 16.3. The summed E-state index contributed by atoms with van der Waals surface area (Å²) in [5, 5.41) is 40.1. The fraction of sp³-hybridized carbons (Fsp3) is 0. The van der Waals surface area contributed by atoms with Gasteiger partial charge in [-0.3, -0.25) is 0 Å². The largest absolute Gasteiger partial charge is 0.456 e. The molecule has 8 aromatic carbocycles. The molecule has 0 fully saturated rings. The number of aromatic nitrogens is 2. The van der Waals surface area contributed by atoms with E-state index in [0.717, 1.165) is 87.5 Å². The Bertz CT molecular complexity index is 3810. The Hall–Kier alpha value is -9.08. The fourth-order valence-electron chi connectivity index (χ4n) is 9.44. The molecule has 0 aliphatic heterocycles. The number of para-hydroxylation sites is 4. The van der Waals surface area contributed by atoms with Crippen molar-refractivity contribution in [1.29, 1.82) is 15.8 Å². The summed E-state index contributed by atoms with van der Waals surface area (Å²) in [7, 11) is 0. The van der Waals surface area contributed by atoms with Gasteiger partial charge in [-0.05, 0) is 83.9 Å². The van der Waals surface area contributed by atoms with Crippen LogP contribution < -0.4 is 0 Å². The first kappa shape index (κ1) is 33.1. The van der Waals surface area contributed by atoms with E-state index < -0.39 is 0 Å². The number of furan rings is 2. The predicted octanol–water partition coefficient (Wildman–Crippen LogP) is 13.5. The SMILES string of the molecule is [C-]#[N+]c1c(C#N)cc(-n2c3ccccc3c3c4c(ccc32)oc2ccccc24)cc1-c1cc(-n2c3ccccc3c3c4c(ccc32)oc2ccccc24)cc(C#N)c1C#N. The van der Waals surface area contributed by atoms with E-state index in [4.69, 9.17) is 15.4 Å². The Labute approximate surface area is 340 Å². The molecule has 0 saturated heterocycles. The van der Waals surface area contributed by atoms with Crippen LogP contribution in [0.4, 0.5) is 5.69 Å². The molecule has 0 N–H and O–H groups in total. The molecule has 4 heterocycles. The molecule has 0 saturated carbocycles. The molecule has 0 atom stereocenters. The van der Waals surface area contributed by atoms with Crippen LogP contribution in [0, 0.1) is 40.6 Å². The van der Waals surface area contributed by atoms with Gasteiger partial charge >= 0.3 is 0 Å². The zero-order valence-electron chi connectivity index (χ0n) is 31.4. The summed E-state index contributed by atoms with van der Waals surface area (Å²) in [6.45, 7) is 8.39. The second-order valence-corrected chi connectivity index (χ2v) is 14.8. The van der Waals surface area contributed by atoms with Crippen molar-refractivity contribution in [2.45, 2.75) is 0 Å². The summed E-state index contributed by atoms with van der Waals surface area (Å²) in [6.07, 6.45) is 0. The third kappa shape index (κ3) is 4.34. The first-order valence-corrected chi connectivity index (χ1v) is 19.2. The Kier molecular flexibility index (Phi) is 6.73. The summed E-state index contributed by atoms with van der Waals surface area (Å²) < 4.78 is 16.8. The minimum atomic E-state index is 0.0940. The lowest BCUT2D eigenvalue weighted by molar-refractivity contribution is 0.669. The monoisotopic (exact) mass is 764 g/mol. The van der Waals surface area contributed by atoms with Crippen molar-refractivity contribution in [3.8, 4) is 40.7 Å². The van der Waals surface area contributed by atoms with Gasteiger partial charge in [-0.1, -0.05) is 72.8 Å². The van der Waals surface area contributed by atoms with Crippen molar-refractivity contribution in [2.75, 3.05) is 0 Å². The van der Waals surface area contributed by atoms with Crippen LogP contribution in [0.15, 0.2) is 154 Å². The van der Waals surface area contributed by atoms with E-state index in [9.17, 15) is 15.8 Å². The topological polar surface area (TPSA) is 112 Å². The Morgan fingerprint density at radius 2 is 0.900 bits per heavy atom. The summed E-state index contributed by atoms with van der Waals surface area (Å²) in [6, 6.07) is 54.2. The first-order valence-electron chi connectivity index (χ1n) is 19.2. The van der Waals surface area contributed by atoms with Crippen molar-refractivity contribution in [3.05, 3.63) is 174 Å². The van der Waals surface area contributed by atoms with E-state index in [0.29, 0.717) is 22.5 Å². The fourth-order valence-corrected chi connectivity index (χ4v) is 9.44. The van der Waals surface area contributed by atoms with Crippen LogP contribution >= 0.6 is 0 Å². The average molecular weight is 765 g/mol. The number of fused-ring (bicyclic) bond motifs is 14. The van der Waals surface area contributed by atoms with Gasteiger partial charge in [0.15, 0.2) is 0 Å². The lowest BCUT2D eigenvalue weighted by atomic mass is 9.92. The number of hydrogen-bond acceptors (Lipinski definition) is 5. The molecule has 8 nitrogen and oxygen atoms in total. The molecule has 4 aromatic heterocycles. The van der Waals surface area contributed by atoms with Gasteiger partial charge in [0.25, 0.3) is 0 Å². The van der Waals surface area contributed by atoms with Crippen LogP contribution in [0.25, 0.3) is 115 Å². The second-order valence-electron chi connectivity index (χ2n) is 14.8. The zero-order valence-corrected chi connectivity index (χ0v) is 31.4. The van der Waals surface area contributed by atoms with Gasteiger partial charge in [0, 0.05) is 54.5 Å². The van der Waals surface area contributed by atoms with Gasteiger partial charge in [0.2, 0.25) is 5.69 Å². The Balaban J connectivity index is 1.17. The molecule has 12 aromatic rings. The Morgan fingerprint density at radius 1 is 0.433 bits per heavy atom. The highest BCUT2D eigenvalue weighted by molar-refractivity contribution is 6.28. The maximum absolute atomic E-state index is 10.8. The molecule has 0 aliphatic carbocycles. The van der Waals surface area contributed by atoms with Gasteiger partial charge < -0.3 is 18.0 Å². The lowest BCUT2D eigenvalue weighted by Gasteiger charge is -2.17. The molecule has 0 unspecified atom stereocenters. The van der Waals surface area contributed by atoms with Crippen LogP contribution in [0.2, 0.25) is 0 Å². The maximum Gasteiger partial charge on any atom is 0.212 e. The van der Waals surface area contributed by atoms with E-state index in [1.807, 2.05) is 109 Å². The zero-order chi connectivity index (χ0) is 40.2. The highest BCUT2D eigenvalue weighted by Crippen LogP contribution is 2.46. The van der Waals surface area contributed by atoms with Crippen molar-refractivity contribution in [1.82, 2.24) is 9.13 Å². The highest BCUT2D eigenvalue weighted by Gasteiger charge is 2.25. The van der Waals surface area contributed by atoms with Crippen molar-refractivity contribution in [2.24, 2.45) is 0 Å². The molecule has 12 rings (SSSR count). The van der Waals surface area contributed by atoms with Crippen LogP contribution in [0.5, 0.6) is 0 Å². The van der Waals surface area contributed by atoms with E-state index >= 15 is 0 Å². The smallest absolute Gasteiger partial charge is 0.212 e. The van der Waals surface area contributed by atoms with Gasteiger partial charge in [0.05, 0.1) is 51.4 Å². The molecule has 0 amide bonds. The van der Waals surface area contributed by atoms with E-state index in [-0.39, 0.29) is 22.4 Å². The van der Waals surface area contributed by atoms with Crippen molar-refractivity contribution < 1.29 is 8.83 Å². The molecule has 274 valence electrons. The summed E-state index contributed by atoms with van der Waals surface area (Å²) in [5.74, 6) is 0. The normalized spacial score (nSPS) is 11.6. The lowest BCUT2D eigenvalue weighted by Crippen LogP contribution is -2.01. The molecular weight excluding hydrogens is 741 g/mol. The van der Waals surface area contributed by atoms with Crippen molar-refractivity contribution >= 4 is 93.2 Å². The number of hydrogen-bond donors (Lipinski definition) is 0. The summed E-state index contributed by atoms with van der Waals surface area (Å²) in [4.78, 5) is 3.91. The van der Waals surface area contributed by atoms with Gasteiger partial charge in [0.1, 0.15) is 34.5 Å². The third-order valence-corrected chi connectivity index (χ3v) is 11.8. The van der Waals surface area contributed by atoms with Crippen LogP contribution in [-0.2, 0) is 0 Å².